The lowest BCUT2D eigenvalue weighted by Crippen LogP contribution is -2.41. The molecule has 0 radical (unpaired) electrons. The van der Waals surface area contributed by atoms with Crippen LogP contribution in [0.5, 0.6) is 5.75 Å². The summed E-state index contributed by atoms with van der Waals surface area (Å²) in [5, 5.41) is 12.0. The van der Waals surface area contributed by atoms with Crippen molar-refractivity contribution in [3.63, 3.8) is 0 Å². The first kappa shape index (κ1) is 15.5. The molecule has 0 spiro atoms. The zero-order chi connectivity index (χ0) is 16.8. The molecule has 23 heavy (non-hydrogen) atoms. The largest absolute Gasteiger partial charge is 0.508 e. The summed E-state index contributed by atoms with van der Waals surface area (Å²) in [5.74, 6) is -2.47. The molecule has 1 amide bonds. The SMILES string of the molecule is CCC(C)C1(c2ccc(O)cc2)C(=O)Nc2c1ccc(F)c2F. The van der Waals surface area contributed by atoms with E-state index in [-0.39, 0.29) is 23.3 Å². The number of fused-ring (bicyclic) bond motifs is 1. The molecule has 0 saturated carbocycles. The Hall–Kier alpha value is -2.43. The van der Waals surface area contributed by atoms with Gasteiger partial charge >= 0.3 is 0 Å². The fraction of sp³-hybridized carbons (Fsp3) is 0.278. The van der Waals surface area contributed by atoms with E-state index < -0.39 is 17.0 Å². The summed E-state index contributed by atoms with van der Waals surface area (Å²) in [6, 6.07) is 8.79. The average molecular weight is 317 g/mol. The number of phenols is 1. The third kappa shape index (κ3) is 2.03. The molecule has 3 nitrogen and oxygen atoms in total. The number of halogens is 2. The first-order valence-electron chi connectivity index (χ1n) is 7.52. The second kappa shape index (κ2) is 5.33. The van der Waals surface area contributed by atoms with Crippen LogP contribution in [0.3, 0.4) is 0 Å². The van der Waals surface area contributed by atoms with Crippen molar-refractivity contribution in [2.75, 3.05) is 5.32 Å². The number of aromatic hydroxyl groups is 1. The average Bonchev–Trinajstić information content (AvgIpc) is 2.85. The first-order valence-corrected chi connectivity index (χ1v) is 7.52. The summed E-state index contributed by atoms with van der Waals surface area (Å²) in [6.45, 7) is 3.85. The number of rotatable bonds is 3. The molecule has 2 unspecified atom stereocenters. The van der Waals surface area contributed by atoms with Crippen molar-refractivity contribution in [1.82, 2.24) is 0 Å². The van der Waals surface area contributed by atoms with Gasteiger partial charge in [0.25, 0.3) is 0 Å². The minimum Gasteiger partial charge on any atom is -0.508 e. The van der Waals surface area contributed by atoms with E-state index in [0.717, 1.165) is 6.07 Å². The number of nitrogens with one attached hydrogen (secondary N) is 1. The second-order valence-corrected chi connectivity index (χ2v) is 5.90. The van der Waals surface area contributed by atoms with Crippen molar-refractivity contribution in [3.05, 3.63) is 59.2 Å². The zero-order valence-corrected chi connectivity index (χ0v) is 12.9. The molecular weight excluding hydrogens is 300 g/mol. The molecule has 0 fully saturated rings. The van der Waals surface area contributed by atoms with E-state index >= 15 is 0 Å². The molecule has 1 aliphatic heterocycles. The van der Waals surface area contributed by atoms with E-state index in [0.29, 0.717) is 17.5 Å². The monoisotopic (exact) mass is 317 g/mol. The van der Waals surface area contributed by atoms with Crippen LogP contribution in [0.25, 0.3) is 0 Å². The third-order valence-electron chi connectivity index (χ3n) is 4.79. The molecule has 1 heterocycles. The lowest BCUT2D eigenvalue weighted by Gasteiger charge is -2.34. The number of amides is 1. The van der Waals surface area contributed by atoms with E-state index in [2.05, 4.69) is 5.32 Å². The molecule has 0 saturated heterocycles. The van der Waals surface area contributed by atoms with Crippen LogP contribution in [-0.2, 0) is 10.2 Å². The van der Waals surface area contributed by atoms with Crippen molar-refractivity contribution in [1.29, 1.82) is 0 Å². The summed E-state index contributed by atoms with van der Waals surface area (Å²) < 4.78 is 27.7. The highest BCUT2D eigenvalue weighted by atomic mass is 19.2. The second-order valence-electron chi connectivity index (χ2n) is 5.90. The predicted molar refractivity (Wildman–Crippen MR) is 83.3 cm³/mol. The number of phenolic OH excluding ortho intramolecular Hbond substituents is 1. The molecule has 0 aromatic heterocycles. The van der Waals surface area contributed by atoms with Gasteiger partial charge in [-0.2, -0.15) is 0 Å². The van der Waals surface area contributed by atoms with Crippen LogP contribution in [0.1, 0.15) is 31.4 Å². The van der Waals surface area contributed by atoms with Crippen molar-refractivity contribution in [3.8, 4) is 5.75 Å². The van der Waals surface area contributed by atoms with Gasteiger partial charge in [-0.3, -0.25) is 4.79 Å². The van der Waals surface area contributed by atoms with Crippen molar-refractivity contribution in [2.45, 2.75) is 25.7 Å². The summed E-state index contributed by atoms with van der Waals surface area (Å²) in [4.78, 5) is 12.8. The molecule has 0 aliphatic carbocycles. The molecule has 5 heteroatoms. The molecule has 3 rings (SSSR count). The van der Waals surface area contributed by atoms with Gasteiger partial charge in [0.15, 0.2) is 11.6 Å². The molecule has 1 aliphatic rings. The van der Waals surface area contributed by atoms with Crippen molar-refractivity contribution < 1.29 is 18.7 Å². The van der Waals surface area contributed by atoms with Crippen LogP contribution < -0.4 is 5.32 Å². The highest BCUT2D eigenvalue weighted by molar-refractivity contribution is 6.09. The minimum absolute atomic E-state index is 0.0805. The van der Waals surface area contributed by atoms with Gasteiger partial charge < -0.3 is 10.4 Å². The molecule has 0 bridgehead atoms. The van der Waals surface area contributed by atoms with Crippen molar-refractivity contribution >= 4 is 11.6 Å². The summed E-state index contributed by atoms with van der Waals surface area (Å²) in [5.41, 5.74) is -0.122. The van der Waals surface area contributed by atoms with Gasteiger partial charge in [0.2, 0.25) is 5.91 Å². The van der Waals surface area contributed by atoms with Gasteiger partial charge in [-0.15, -0.1) is 0 Å². The molecule has 2 aromatic carbocycles. The molecule has 2 aromatic rings. The van der Waals surface area contributed by atoms with E-state index in [1.165, 1.54) is 18.2 Å². The van der Waals surface area contributed by atoms with Gasteiger partial charge in [-0.05, 0) is 35.2 Å². The Balaban J connectivity index is 2.33. The van der Waals surface area contributed by atoms with E-state index in [4.69, 9.17) is 0 Å². The van der Waals surface area contributed by atoms with Crippen molar-refractivity contribution in [2.24, 2.45) is 5.92 Å². The topological polar surface area (TPSA) is 49.3 Å². The Labute approximate surface area is 133 Å². The summed E-state index contributed by atoms with van der Waals surface area (Å²) in [6.07, 6.45) is 0.673. The Morgan fingerprint density at radius 3 is 2.43 bits per heavy atom. The number of hydrogen-bond donors (Lipinski definition) is 2. The Kier molecular flexibility index (Phi) is 3.59. The predicted octanol–water partition coefficient (Wildman–Crippen LogP) is 3.95. The molecule has 2 atom stereocenters. The summed E-state index contributed by atoms with van der Waals surface area (Å²) in [7, 11) is 0. The van der Waals surface area contributed by atoms with Gasteiger partial charge in [0.05, 0.1) is 5.69 Å². The van der Waals surface area contributed by atoms with Crippen LogP contribution in [0.4, 0.5) is 14.5 Å². The van der Waals surface area contributed by atoms with Gasteiger partial charge in [0.1, 0.15) is 11.2 Å². The number of carbonyl (C=O) groups is 1. The van der Waals surface area contributed by atoms with Crippen LogP contribution in [0.2, 0.25) is 0 Å². The van der Waals surface area contributed by atoms with E-state index in [1.54, 1.807) is 12.1 Å². The Morgan fingerprint density at radius 1 is 1.17 bits per heavy atom. The maximum atomic E-state index is 14.1. The van der Waals surface area contributed by atoms with E-state index in [9.17, 15) is 18.7 Å². The number of anilines is 1. The van der Waals surface area contributed by atoms with E-state index in [1.807, 2.05) is 13.8 Å². The normalized spacial score (nSPS) is 21.0. The van der Waals surface area contributed by atoms with Crippen LogP contribution in [-0.4, -0.2) is 11.0 Å². The standard InChI is InChI=1S/C18H17F2NO2/c1-3-10(2)18(11-4-6-12(22)7-5-11)13-8-9-14(19)15(20)16(13)21-17(18)23/h4-10,22H,3H2,1-2H3,(H,21,23). The fourth-order valence-electron chi connectivity index (χ4n) is 3.43. The van der Waals surface area contributed by atoms with Gasteiger partial charge in [-0.25, -0.2) is 8.78 Å². The minimum atomic E-state index is -1.10. The Morgan fingerprint density at radius 2 is 1.83 bits per heavy atom. The smallest absolute Gasteiger partial charge is 0.239 e. The third-order valence-corrected chi connectivity index (χ3v) is 4.79. The summed E-state index contributed by atoms with van der Waals surface area (Å²) >= 11 is 0. The number of benzene rings is 2. The van der Waals surface area contributed by atoms with Crippen LogP contribution >= 0.6 is 0 Å². The highest BCUT2D eigenvalue weighted by Crippen LogP contribution is 2.50. The van der Waals surface area contributed by atoms with Gasteiger partial charge in [-0.1, -0.05) is 38.5 Å². The molecule has 120 valence electrons. The lowest BCUT2D eigenvalue weighted by molar-refractivity contribution is -0.121. The highest BCUT2D eigenvalue weighted by Gasteiger charge is 2.52. The molecular formula is C18H17F2NO2. The zero-order valence-electron chi connectivity index (χ0n) is 12.9. The van der Waals surface area contributed by atoms with Gasteiger partial charge in [0, 0.05) is 0 Å². The number of hydrogen-bond acceptors (Lipinski definition) is 2. The maximum Gasteiger partial charge on any atom is 0.239 e. The quantitative estimate of drug-likeness (QED) is 0.900. The molecule has 2 N–H and O–H groups in total. The van der Waals surface area contributed by atoms with Crippen LogP contribution in [0, 0.1) is 17.6 Å². The number of carbonyl (C=O) groups excluding carboxylic acids is 1. The van der Waals surface area contributed by atoms with Crippen LogP contribution in [0.15, 0.2) is 36.4 Å². The Bertz CT molecular complexity index is 773. The first-order chi connectivity index (χ1) is 10.9. The maximum absolute atomic E-state index is 14.1. The fourth-order valence-corrected chi connectivity index (χ4v) is 3.43. The lowest BCUT2D eigenvalue weighted by atomic mass is 9.66.